The molecule has 118 valence electrons. The van der Waals surface area contributed by atoms with Gasteiger partial charge in [0.2, 0.25) is 0 Å². The molecule has 0 fully saturated rings. The first-order chi connectivity index (χ1) is 11.3. The summed E-state index contributed by atoms with van der Waals surface area (Å²) in [5, 5.41) is 11.4. The largest absolute Gasteiger partial charge is 0.371 e. The van der Waals surface area contributed by atoms with E-state index in [1.165, 1.54) is 16.2 Å². The van der Waals surface area contributed by atoms with Crippen LogP contribution in [0.1, 0.15) is 17.0 Å². The second kappa shape index (κ2) is 5.86. The number of anilines is 1. The summed E-state index contributed by atoms with van der Waals surface area (Å²) < 4.78 is 2.03. The van der Waals surface area contributed by atoms with Crippen LogP contribution in [-0.4, -0.2) is 28.2 Å². The molecule has 1 aliphatic heterocycles. The van der Waals surface area contributed by atoms with E-state index in [9.17, 15) is 0 Å². The van der Waals surface area contributed by atoms with Crippen molar-refractivity contribution in [3.05, 3.63) is 47.3 Å². The van der Waals surface area contributed by atoms with Gasteiger partial charge in [0.05, 0.1) is 5.69 Å². The van der Waals surface area contributed by atoms with Crippen LogP contribution in [0.25, 0.3) is 5.65 Å². The molecule has 3 aromatic rings. The maximum atomic E-state index is 4.85. The molecular weight excluding hydrogens is 306 g/mol. The number of nitrogens with zero attached hydrogens (tertiary/aromatic N) is 3. The van der Waals surface area contributed by atoms with Crippen LogP contribution in [-0.2, 0) is 13.0 Å². The Labute approximate surface area is 139 Å². The van der Waals surface area contributed by atoms with Crippen LogP contribution in [0, 0.1) is 6.92 Å². The van der Waals surface area contributed by atoms with E-state index < -0.39 is 0 Å². The zero-order chi connectivity index (χ0) is 15.8. The molecule has 5 nitrogen and oxygen atoms in total. The first-order valence-electron chi connectivity index (χ1n) is 7.80. The third-order valence-corrected chi connectivity index (χ3v) is 5.26. The van der Waals surface area contributed by atoms with Crippen molar-refractivity contribution in [1.82, 2.24) is 19.9 Å². The first kappa shape index (κ1) is 14.5. The van der Waals surface area contributed by atoms with Gasteiger partial charge in [-0.1, -0.05) is 30.0 Å². The molecule has 0 aliphatic carbocycles. The van der Waals surface area contributed by atoms with Gasteiger partial charge in [-0.15, -0.1) is 5.10 Å². The maximum absolute atomic E-state index is 4.85. The molecule has 0 bridgehead atoms. The Hall–Kier alpha value is -2.05. The van der Waals surface area contributed by atoms with Crippen molar-refractivity contribution in [2.75, 3.05) is 18.9 Å². The van der Waals surface area contributed by atoms with Crippen molar-refractivity contribution in [2.24, 2.45) is 0 Å². The lowest BCUT2D eigenvalue weighted by atomic mass is 10.1. The third-order valence-electron chi connectivity index (χ3n) is 4.17. The molecule has 0 amide bonds. The van der Waals surface area contributed by atoms with E-state index in [-0.39, 0.29) is 0 Å². The van der Waals surface area contributed by atoms with Crippen LogP contribution in [0.2, 0.25) is 0 Å². The highest BCUT2D eigenvalue weighted by molar-refractivity contribution is 7.99. The van der Waals surface area contributed by atoms with E-state index >= 15 is 0 Å². The summed E-state index contributed by atoms with van der Waals surface area (Å²) in [7, 11) is 1.91. The van der Waals surface area contributed by atoms with E-state index in [0.717, 1.165) is 41.6 Å². The highest BCUT2D eigenvalue weighted by Crippen LogP contribution is 2.37. The molecule has 0 saturated carbocycles. The monoisotopic (exact) mass is 325 g/mol. The first-order valence-corrected chi connectivity index (χ1v) is 8.62. The summed E-state index contributed by atoms with van der Waals surface area (Å²) in [4.78, 5) is 7.13. The fraction of sp³-hybridized carbons (Fsp3) is 0.294. The highest BCUT2D eigenvalue weighted by atomic mass is 32.2. The normalized spacial score (nSPS) is 14.0. The zero-order valence-corrected chi connectivity index (χ0v) is 14.1. The molecule has 0 unspecified atom stereocenters. The van der Waals surface area contributed by atoms with Gasteiger partial charge in [0.15, 0.2) is 11.5 Å². The zero-order valence-electron chi connectivity index (χ0n) is 13.3. The summed E-state index contributed by atoms with van der Waals surface area (Å²) in [5.41, 5.74) is 4.60. The predicted molar refractivity (Wildman–Crippen MR) is 93.2 cm³/mol. The lowest BCUT2D eigenvalue weighted by molar-refractivity contribution is 0.605. The molecule has 0 atom stereocenters. The van der Waals surface area contributed by atoms with Gasteiger partial charge in [-0.25, -0.2) is 9.50 Å². The van der Waals surface area contributed by atoms with Crippen molar-refractivity contribution in [1.29, 1.82) is 0 Å². The molecule has 1 aliphatic rings. The maximum Gasteiger partial charge on any atom is 0.171 e. The van der Waals surface area contributed by atoms with Crippen molar-refractivity contribution in [2.45, 2.75) is 29.7 Å². The lowest BCUT2D eigenvalue weighted by Crippen LogP contribution is -2.27. The average Bonchev–Trinajstić information content (AvgIpc) is 2.94. The number of aromatic nitrogens is 3. The summed E-state index contributed by atoms with van der Waals surface area (Å²) in [6.07, 6.45) is 0.982. The van der Waals surface area contributed by atoms with Gasteiger partial charge in [-0.3, -0.25) is 0 Å². The molecule has 6 heteroatoms. The fourth-order valence-electron chi connectivity index (χ4n) is 3.01. The van der Waals surface area contributed by atoms with Gasteiger partial charge in [-0.05, 0) is 19.1 Å². The van der Waals surface area contributed by atoms with Gasteiger partial charge in [0, 0.05) is 42.7 Å². The average molecular weight is 325 g/mol. The quantitative estimate of drug-likeness (QED) is 0.775. The van der Waals surface area contributed by atoms with Crippen LogP contribution < -0.4 is 10.6 Å². The standard InChI is InChI=1S/C17H19N5S/c1-11-13-10-19-9-8-14(13)22-17(20-11)15(16(18-2)21-22)23-12-6-4-3-5-7-12/h3-7,19H,8-10H2,1-2H3,(H,18,21). The van der Waals surface area contributed by atoms with E-state index in [0.29, 0.717) is 0 Å². The smallest absolute Gasteiger partial charge is 0.171 e. The number of benzene rings is 1. The fourth-order valence-corrected chi connectivity index (χ4v) is 4.01. The molecule has 3 heterocycles. The topological polar surface area (TPSA) is 54.2 Å². The number of fused-ring (bicyclic) bond motifs is 3. The van der Waals surface area contributed by atoms with Crippen LogP contribution in [0.3, 0.4) is 0 Å². The molecule has 0 spiro atoms. The Morgan fingerprint density at radius 1 is 1.26 bits per heavy atom. The number of hydrogen-bond donors (Lipinski definition) is 2. The Morgan fingerprint density at radius 3 is 2.87 bits per heavy atom. The van der Waals surface area contributed by atoms with Crippen molar-refractivity contribution >= 4 is 23.2 Å². The number of aryl methyl sites for hydroxylation is 1. The SMILES string of the molecule is CNc1nn2c3c(c(C)nc2c1Sc1ccccc1)CNCC3. The minimum Gasteiger partial charge on any atom is -0.371 e. The van der Waals surface area contributed by atoms with Gasteiger partial charge in [-0.2, -0.15) is 0 Å². The van der Waals surface area contributed by atoms with Crippen molar-refractivity contribution in [3.8, 4) is 0 Å². The number of hydrogen-bond acceptors (Lipinski definition) is 5. The molecule has 2 N–H and O–H groups in total. The molecule has 23 heavy (non-hydrogen) atoms. The van der Waals surface area contributed by atoms with E-state index in [2.05, 4.69) is 41.8 Å². The van der Waals surface area contributed by atoms with Gasteiger partial charge < -0.3 is 10.6 Å². The Balaban J connectivity index is 1.91. The molecule has 0 radical (unpaired) electrons. The minimum atomic E-state index is 0.875. The molecular formula is C17H19N5S. The predicted octanol–water partition coefficient (Wildman–Crippen LogP) is 2.88. The summed E-state index contributed by atoms with van der Waals surface area (Å²) >= 11 is 1.71. The second-order valence-electron chi connectivity index (χ2n) is 5.63. The lowest BCUT2D eigenvalue weighted by Gasteiger charge is -2.19. The van der Waals surface area contributed by atoms with E-state index in [1.54, 1.807) is 11.8 Å². The van der Waals surface area contributed by atoms with Crippen LogP contribution >= 0.6 is 11.8 Å². The second-order valence-corrected chi connectivity index (χ2v) is 6.71. The van der Waals surface area contributed by atoms with E-state index in [1.807, 2.05) is 17.6 Å². The molecule has 4 rings (SSSR count). The van der Waals surface area contributed by atoms with Gasteiger partial charge in [0.25, 0.3) is 0 Å². The number of rotatable bonds is 3. The Bertz CT molecular complexity index is 857. The van der Waals surface area contributed by atoms with Crippen molar-refractivity contribution in [3.63, 3.8) is 0 Å². The Kier molecular flexibility index (Phi) is 3.71. The number of nitrogens with one attached hydrogen (secondary N) is 2. The van der Waals surface area contributed by atoms with E-state index in [4.69, 9.17) is 10.1 Å². The summed E-state index contributed by atoms with van der Waals surface area (Å²) in [6.45, 7) is 3.95. The van der Waals surface area contributed by atoms with Crippen LogP contribution in [0.15, 0.2) is 40.1 Å². The van der Waals surface area contributed by atoms with Crippen LogP contribution in [0.4, 0.5) is 5.82 Å². The van der Waals surface area contributed by atoms with Crippen LogP contribution in [0.5, 0.6) is 0 Å². The third kappa shape index (κ3) is 2.48. The Morgan fingerprint density at radius 2 is 2.09 bits per heavy atom. The molecule has 0 saturated heterocycles. The van der Waals surface area contributed by atoms with Crippen molar-refractivity contribution < 1.29 is 0 Å². The van der Waals surface area contributed by atoms with Gasteiger partial charge >= 0.3 is 0 Å². The molecule has 1 aromatic carbocycles. The highest BCUT2D eigenvalue weighted by Gasteiger charge is 2.22. The minimum absolute atomic E-state index is 0.875. The summed E-state index contributed by atoms with van der Waals surface area (Å²) in [5.74, 6) is 0.887. The van der Waals surface area contributed by atoms with Gasteiger partial charge in [0.1, 0.15) is 4.90 Å². The molecule has 2 aromatic heterocycles. The summed E-state index contributed by atoms with van der Waals surface area (Å²) in [6, 6.07) is 10.4.